The summed E-state index contributed by atoms with van der Waals surface area (Å²) in [4.78, 5) is 23.3. The molecule has 0 aromatic carbocycles. The lowest BCUT2D eigenvalue weighted by Gasteiger charge is -2.25. The van der Waals surface area contributed by atoms with Crippen LogP contribution in [0.5, 0.6) is 0 Å². The van der Waals surface area contributed by atoms with E-state index in [0.29, 0.717) is 17.4 Å². The first kappa shape index (κ1) is 68.7. The number of carbonyl (C=O) groups is 1. The van der Waals surface area contributed by atoms with Crippen molar-refractivity contribution in [2.75, 3.05) is 40.9 Å². The van der Waals surface area contributed by atoms with Crippen LogP contribution in [0.3, 0.4) is 0 Å². The van der Waals surface area contributed by atoms with Crippen LogP contribution in [0.4, 0.5) is 0 Å². The number of quaternary nitrogens is 1. The number of amides is 1. The van der Waals surface area contributed by atoms with Crippen molar-refractivity contribution in [1.29, 1.82) is 0 Å². The fraction of sp³-hybridized carbons (Fsp3) is 0.885. The van der Waals surface area contributed by atoms with Crippen LogP contribution < -0.4 is 5.32 Å². The number of rotatable bonds is 56. The summed E-state index contributed by atoms with van der Waals surface area (Å²) in [5, 5.41) is 13.9. The van der Waals surface area contributed by atoms with E-state index in [2.05, 4.69) is 43.5 Å². The number of unbranched alkanes of at least 4 members (excludes halogenated alkanes) is 39. The Kier molecular flexibility index (Phi) is 51.6. The van der Waals surface area contributed by atoms with Crippen molar-refractivity contribution in [1.82, 2.24) is 5.32 Å². The molecule has 0 aromatic heterocycles. The van der Waals surface area contributed by atoms with Gasteiger partial charge in [-0.15, -0.1) is 0 Å². The lowest BCUT2D eigenvalue weighted by molar-refractivity contribution is -0.870. The Morgan fingerprint density at radius 2 is 0.786 bits per heavy atom. The molecular formula is C61H120N2O6P+. The summed E-state index contributed by atoms with van der Waals surface area (Å²) in [5.74, 6) is -0.186. The lowest BCUT2D eigenvalue weighted by Crippen LogP contribution is -2.45. The highest BCUT2D eigenvalue weighted by molar-refractivity contribution is 7.47. The molecule has 9 heteroatoms. The second kappa shape index (κ2) is 52.6. The van der Waals surface area contributed by atoms with Gasteiger partial charge in [-0.2, -0.15) is 0 Å². The molecule has 3 N–H and O–H groups in total. The fourth-order valence-corrected chi connectivity index (χ4v) is 9.81. The average Bonchev–Trinajstić information content (AvgIpc) is 3.32. The third kappa shape index (κ3) is 54.5. The van der Waals surface area contributed by atoms with Crippen LogP contribution in [0.15, 0.2) is 36.5 Å². The monoisotopic (exact) mass is 1010 g/mol. The number of hydrogen-bond donors (Lipinski definition) is 3. The Labute approximate surface area is 436 Å². The van der Waals surface area contributed by atoms with Crippen LogP contribution in [0.1, 0.15) is 296 Å². The van der Waals surface area contributed by atoms with E-state index in [4.69, 9.17) is 9.05 Å². The smallest absolute Gasteiger partial charge is 0.387 e. The Hall–Kier alpha value is -1.28. The van der Waals surface area contributed by atoms with Gasteiger partial charge < -0.3 is 19.8 Å². The number of nitrogens with zero attached hydrogens (tertiary/aromatic N) is 1. The van der Waals surface area contributed by atoms with Crippen LogP contribution in [-0.2, 0) is 18.4 Å². The van der Waals surface area contributed by atoms with Gasteiger partial charge in [0, 0.05) is 6.42 Å². The summed E-state index contributed by atoms with van der Waals surface area (Å²) in [5.41, 5.74) is 0. The summed E-state index contributed by atoms with van der Waals surface area (Å²) in [6, 6.07) is -0.868. The van der Waals surface area contributed by atoms with Crippen LogP contribution in [-0.4, -0.2) is 73.4 Å². The summed E-state index contributed by atoms with van der Waals surface area (Å²) in [6.07, 6.45) is 68.4. The standard InChI is InChI=1S/C61H119N2O6P/c1-6-8-10-12-14-16-18-20-22-24-26-27-28-29-30-31-32-33-34-35-36-37-38-40-42-44-46-48-50-52-54-60(64)59(58-69-70(66,67)68-57-56-63(3,4)5)62-61(65)55-53-51-49-47-45-43-41-39-25-23-21-19-17-15-13-11-9-7-2/h37-38,44,46,52,54,59-60,64H,6-36,39-43,45,47-51,53,55-58H2,1-5H3,(H-,62,65,66,67)/p+1/b38-37+,46-44+,54-52+. The van der Waals surface area contributed by atoms with Gasteiger partial charge in [0.05, 0.1) is 39.9 Å². The average molecular weight is 1010 g/mol. The van der Waals surface area contributed by atoms with Gasteiger partial charge >= 0.3 is 7.82 Å². The Balaban J connectivity index is 4.19. The highest BCUT2D eigenvalue weighted by Crippen LogP contribution is 2.43. The SMILES string of the molecule is CCCCCCCCCCCCCCCCCCCCCC/C=C/CC/C=C/CC/C=C/C(O)C(COP(=O)(O)OCC[N+](C)(C)C)NC(=O)CCCCCCCCCCCCCCCCCCCC. The molecule has 0 spiro atoms. The third-order valence-corrected chi connectivity index (χ3v) is 14.8. The van der Waals surface area contributed by atoms with E-state index >= 15 is 0 Å². The Morgan fingerprint density at radius 1 is 0.471 bits per heavy atom. The molecule has 0 bridgehead atoms. The van der Waals surface area contributed by atoms with Crippen LogP contribution in [0.2, 0.25) is 0 Å². The largest absolute Gasteiger partial charge is 0.472 e. The minimum Gasteiger partial charge on any atom is -0.387 e. The first-order valence-corrected chi connectivity index (χ1v) is 31.9. The molecule has 1 amide bonds. The predicted molar refractivity (Wildman–Crippen MR) is 304 cm³/mol. The topological polar surface area (TPSA) is 105 Å². The molecule has 0 saturated heterocycles. The number of aliphatic hydroxyl groups is 1. The van der Waals surface area contributed by atoms with Crippen molar-refractivity contribution in [3.63, 3.8) is 0 Å². The molecule has 0 aliphatic rings. The molecule has 0 aromatic rings. The van der Waals surface area contributed by atoms with Gasteiger partial charge in [0.15, 0.2) is 0 Å². The van der Waals surface area contributed by atoms with E-state index in [1.165, 1.54) is 231 Å². The van der Waals surface area contributed by atoms with Gasteiger partial charge in [0.1, 0.15) is 13.2 Å². The molecule has 0 aliphatic carbocycles. The zero-order valence-corrected chi connectivity index (χ0v) is 48.2. The van der Waals surface area contributed by atoms with E-state index in [-0.39, 0.29) is 19.1 Å². The molecule has 0 fully saturated rings. The van der Waals surface area contributed by atoms with E-state index in [1.807, 2.05) is 27.2 Å². The zero-order chi connectivity index (χ0) is 51.3. The number of likely N-dealkylation sites (N-methyl/N-ethyl adjacent to an activating group) is 1. The van der Waals surface area contributed by atoms with Crippen LogP contribution >= 0.6 is 7.82 Å². The summed E-state index contributed by atoms with van der Waals surface area (Å²) < 4.78 is 23.7. The van der Waals surface area contributed by atoms with Crippen molar-refractivity contribution in [2.24, 2.45) is 0 Å². The van der Waals surface area contributed by atoms with Gasteiger partial charge in [-0.05, 0) is 44.9 Å². The van der Waals surface area contributed by atoms with Gasteiger partial charge in [-0.1, -0.05) is 281 Å². The normalized spacial score (nSPS) is 14.1. The van der Waals surface area contributed by atoms with E-state index in [0.717, 1.165) is 44.9 Å². The van der Waals surface area contributed by atoms with Crippen LogP contribution in [0, 0.1) is 0 Å². The molecule has 0 aliphatic heterocycles. The van der Waals surface area contributed by atoms with Gasteiger partial charge in [-0.3, -0.25) is 13.8 Å². The molecule has 8 nitrogen and oxygen atoms in total. The number of aliphatic hydroxyl groups excluding tert-OH is 1. The summed E-state index contributed by atoms with van der Waals surface area (Å²) >= 11 is 0. The maximum Gasteiger partial charge on any atom is 0.472 e. The van der Waals surface area contributed by atoms with Gasteiger partial charge in [0.25, 0.3) is 0 Å². The molecule has 70 heavy (non-hydrogen) atoms. The number of nitrogens with one attached hydrogen (secondary N) is 1. The molecule has 414 valence electrons. The molecule has 3 atom stereocenters. The van der Waals surface area contributed by atoms with Crippen molar-refractivity contribution in [2.45, 2.75) is 309 Å². The van der Waals surface area contributed by atoms with Crippen LogP contribution in [0.25, 0.3) is 0 Å². The predicted octanol–water partition coefficient (Wildman–Crippen LogP) is 18.5. The summed E-state index contributed by atoms with van der Waals surface area (Å²) in [7, 11) is 1.56. The third-order valence-electron chi connectivity index (χ3n) is 13.8. The molecule has 3 unspecified atom stereocenters. The van der Waals surface area contributed by atoms with Crippen molar-refractivity contribution in [3.8, 4) is 0 Å². The van der Waals surface area contributed by atoms with E-state index < -0.39 is 20.0 Å². The molecule has 0 heterocycles. The first-order chi connectivity index (χ1) is 34.0. The highest BCUT2D eigenvalue weighted by Gasteiger charge is 2.27. The number of allylic oxidation sites excluding steroid dienone is 5. The first-order valence-electron chi connectivity index (χ1n) is 30.4. The van der Waals surface area contributed by atoms with E-state index in [9.17, 15) is 19.4 Å². The number of phosphoric ester groups is 1. The molecule has 0 rings (SSSR count). The minimum atomic E-state index is -4.36. The fourth-order valence-electron chi connectivity index (χ4n) is 9.08. The number of carbonyl (C=O) groups excluding carboxylic acids is 1. The Morgan fingerprint density at radius 3 is 1.14 bits per heavy atom. The minimum absolute atomic E-state index is 0.0551. The van der Waals surface area contributed by atoms with Crippen molar-refractivity contribution >= 4 is 13.7 Å². The summed E-state index contributed by atoms with van der Waals surface area (Å²) in [6.45, 7) is 4.83. The van der Waals surface area contributed by atoms with Crippen molar-refractivity contribution in [3.05, 3.63) is 36.5 Å². The maximum atomic E-state index is 13.0. The van der Waals surface area contributed by atoms with Gasteiger partial charge in [-0.25, -0.2) is 4.57 Å². The lowest BCUT2D eigenvalue weighted by atomic mass is 10.0. The van der Waals surface area contributed by atoms with Crippen molar-refractivity contribution < 1.29 is 32.9 Å². The molecule has 0 saturated carbocycles. The maximum absolute atomic E-state index is 13.0. The number of hydrogen-bond acceptors (Lipinski definition) is 5. The second-order valence-corrected chi connectivity index (χ2v) is 23.5. The number of phosphoric acid groups is 1. The molecule has 0 radical (unpaired) electrons. The second-order valence-electron chi connectivity index (χ2n) is 22.1. The van der Waals surface area contributed by atoms with Gasteiger partial charge in [0.2, 0.25) is 5.91 Å². The highest BCUT2D eigenvalue weighted by atomic mass is 31.2. The molecular weight excluding hydrogens is 888 g/mol. The quantitative estimate of drug-likeness (QED) is 0.0243. The zero-order valence-electron chi connectivity index (χ0n) is 47.3. The Bertz CT molecular complexity index is 1230. The van der Waals surface area contributed by atoms with E-state index in [1.54, 1.807) is 6.08 Å².